The zero-order valence-electron chi connectivity index (χ0n) is 13.5. The van der Waals surface area contributed by atoms with Gasteiger partial charge in [0.05, 0.1) is 0 Å². The zero-order chi connectivity index (χ0) is 14.7. The van der Waals surface area contributed by atoms with E-state index in [1.165, 1.54) is 25.7 Å². The third kappa shape index (κ3) is 3.48. The van der Waals surface area contributed by atoms with Gasteiger partial charge in [-0.2, -0.15) is 0 Å². The molecule has 1 aromatic rings. The number of aryl methyl sites for hydroxylation is 1. The molecule has 20 heavy (non-hydrogen) atoms. The Morgan fingerprint density at radius 1 is 1.20 bits per heavy atom. The van der Waals surface area contributed by atoms with E-state index in [2.05, 4.69) is 56.1 Å². The Kier molecular flexibility index (Phi) is 4.97. The highest BCUT2D eigenvalue weighted by atomic mass is 15.3. The van der Waals surface area contributed by atoms with Crippen LogP contribution < -0.4 is 10.2 Å². The molecule has 1 saturated carbocycles. The third-order valence-electron chi connectivity index (χ3n) is 4.42. The summed E-state index contributed by atoms with van der Waals surface area (Å²) < 4.78 is 0. The standard InChI is InChI=1S/C16H28N4/c1-11(2)15-10-12(3)18-16(19-15)20(5)14-8-6-13(17-4)7-9-14/h10-11,13-14,17H,6-9H2,1-5H3. The zero-order valence-corrected chi connectivity index (χ0v) is 13.5. The van der Waals surface area contributed by atoms with Gasteiger partial charge in [-0.25, -0.2) is 9.97 Å². The summed E-state index contributed by atoms with van der Waals surface area (Å²) in [7, 11) is 4.20. The molecule has 0 aromatic carbocycles. The predicted molar refractivity (Wildman–Crippen MR) is 84.4 cm³/mol. The van der Waals surface area contributed by atoms with E-state index in [1.54, 1.807) is 0 Å². The van der Waals surface area contributed by atoms with Gasteiger partial charge in [0.2, 0.25) is 5.95 Å². The second-order valence-corrected chi connectivity index (χ2v) is 6.29. The van der Waals surface area contributed by atoms with Crippen LogP contribution in [0.5, 0.6) is 0 Å². The Balaban J connectivity index is 2.11. The Morgan fingerprint density at radius 3 is 2.40 bits per heavy atom. The van der Waals surface area contributed by atoms with E-state index >= 15 is 0 Å². The molecule has 0 spiro atoms. The lowest BCUT2D eigenvalue weighted by Gasteiger charge is -2.34. The molecule has 0 unspecified atom stereocenters. The van der Waals surface area contributed by atoms with Crippen molar-refractivity contribution in [3.63, 3.8) is 0 Å². The van der Waals surface area contributed by atoms with Crippen LogP contribution in [0.3, 0.4) is 0 Å². The van der Waals surface area contributed by atoms with Gasteiger partial charge in [-0.15, -0.1) is 0 Å². The van der Waals surface area contributed by atoms with Crippen molar-refractivity contribution in [2.75, 3.05) is 19.0 Å². The molecule has 0 amide bonds. The molecule has 112 valence electrons. The van der Waals surface area contributed by atoms with Crippen molar-refractivity contribution in [3.05, 3.63) is 17.5 Å². The fourth-order valence-electron chi connectivity index (χ4n) is 2.95. The summed E-state index contributed by atoms with van der Waals surface area (Å²) in [6.07, 6.45) is 4.93. The van der Waals surface area contributed by atoms with Crippen molar-refractivity contribution in [1.82, 2.24) is 15.3 Å². The summed E-state index contributed by atoms with van der Waals surface area (Å²) in [5, 5.41) is 3.39. The molecule has 0 saturated heterocycles. The largest absolute Gasteiger partial charge is 0.341 e. The van der Waals surface area contributed by atoms with Crippen molar-refractivity contribution in [1.29, 1.82) is 0 Å². The summed E-state index contributed by atoms with van der Waals surface area (Å²) in [5.41, 5.74) is 2.21. The lowest BCUT2D eigenvalue weighted by Crippen LogP contribution is -2.40. The number of nitrogens with one attached hydrogen (secondary N) is 1. The average Bonchev–Trinajstić information content (AvgIpc) is 2.46. The first kappa shape index (κ1) is 15.2. The maximum Gasteiger partial charge on any atom is 0.225 e. The van der Waals surface area contributed by atoms with Gasteiger partial charge in [-0.3, -0.25) is 0 Å². The second-order valence-electron chi connectivity index (χ2n) is 6.29. The molecule has 4 nitrogen and oxygen atoms in total. The minimum atomic E-state index is 0.448. The number of nitrogens with zero attached hydrogens (tertiary/aromatic N) is 3. The minimum Gasteiger partial charge on any atom is -0.341 e. The Labute approximate surface area is 123 Å². The molecule has 0 atom stereocenters. The summed E-state index contributed by atoms with van der Waals surface area (Å²) in [4.78, 5) is 11.7. The van der Waals surface area contributed by atoms with E-state index < -0.39 is 0 Å². The minimum absolute atomic E-state index is 0.448. The van der Waals surface area contributed by atoms with Crippen LogP contribution in [-0.4, -0.2) is 36.1 Å². The van der Waals surface area contributed by atoms with E-state index in [-0.39, 0.29) is 0 Å². The molecule has 1 aliphatic carbocycles. The monoisotopic (exact) mass is 276 g/mol. The van der Waals surface area contributed by atoms with Gasteiger partial charge in [-0.05, 0) is 51.6 Å². The predicted octanol–water partition coefficient (Wildman–Crippen LogP) is 2.88. The highest BCUT2D eigenvalue weighted by Crippen LogP contribution is 2.25. The lowest BCUT2D eigenvalue weighted by molar-refractivity contribution is 0.349. The molecule has 0 radical (unpaired) electrons. The van der Waals surface area contributed by atoms with Crippen LogP contribution in [0.2, 0.25) is 0 Å². The molecular weight excluding hydrogens is 248 g/mol. The summed E-state index contributed by atoms with van der Waals surface area (Å²) >= 11 is 0. The lowest BCUT2D eigenvalue weighted by atomic mass is 9.90. The van der Waals surface area contributed by atoms with Crippen molar-refractivity contribution >= 4 is 5.95 Å². The summed E-state index contributed by atoms with van der Waals surface area (Å²) in [5.74, 6) is 1.34. The molecule has 1 aliphatic rings. The third-order valence-corrected chi connectivity index (χ3v) is 4.42. The number of hydrogen-bond donors (Lipinski definition) is 1. The van der Waals surface area contributed by atoms with Crippen LogP contribution in [0.15, 0.2) is 6.07 Å². The average molecular weight is 276 g/mol. The second kappa shape index (κ2) is 6.53. The maximum atomic E-state index is 4.75. The van der Waals surface area contributed by atoms with Gasteiger partial charge in [0.15, 0.2) is 0 Å². The van der Waals surface area contributed by atoms with Crippen LogP contribution in [-0.2, 0) is 0 Å². The van der Waals surface area contributed by atoms with Gasteiger partial charge >= 0.3 is 0 Å². The van der Waals surface area contributed by atoms with Crippen LogP contribution >= 0.6 is 0 Å². The number of aromatic nitrogens is 2. The fraction of sp³-hybridized carbons (Fsp3) is 0.750. The number of hydrogen-bond acceptors (Lipinski definition) is 4. The van der Waals surface area contributed by atoms with Crippen LogP contribution in [0.4, 0.5) is 5.95 Å². The first-order valence-electron chi connectivity index (χ1n) is 7.77. The van der Waals surface area contributed by atoms with Crippen molar-refractivity contribution < 1.29 is 0 Å². The van der Waals surface area contributed by atoms with Crippen LogP contribution in [0.25, 0.3) is 0 Å². The SMILES string of the molecule is CNC1CCC(N(C)c2nc(C)cc(C(C)C)n2)CC1. The quantitative estimate of drug-likeness (QED) is 0.918. The molecule has 1 heterocycles. The summed E-state index contributed by atoms with van der Waals surface area (Å²) in [6.45, 7) is 6.43. The van der Waals surface area contributed by atoms with E-state index in [4.69, 9.17) is 4.98 Å². The van der Waals surface area contributed by atoms with Crippen molar-refractivity contribution in [2.24, 2.45) is 0 Å². The highest BCUT2D eigenvalue weighted by molar-refractivity contribution is 5.33. The normalized spacial score (nSPS) is 23.1. The van der Waals surface area contributed by atoms with E-state index in [0.717, 1.165) is 17.3 Å². The maximum absolute atomic E-state index is 4.75. The van der Waals surface area contributed by atoms with Crippen molar-refractivity contribution in [3.8, 4) is 0 Å². The Bertz CT molecular complexity index is 436. The van der Waals surface area contributed by atoms with Gasteiger partial charge < -0.3 is 10.2 Å². The molecule has 4 heteroatoms. The molecule has 1 fully saturated rings. The van der Waals surface area contributed by atoms with Gasteiger partial charge in [-0.1, -0.05) is 13.8 Å². The Morgan fingerprint density at radius 2 is 1.85 bits per heavy atom. The molecular formula is C16H28N4. The highest BCUT2D eigenvalue weighted by Gasteiger charge is 2.24. The van der Waals surface area contributed by atoms with Crippen LogP contribution in [0, 0.1) is 6.92 Å². The smallest absolute Gasteiger partial charge is 0.225 e. The molecule has 2 rings (SSSR count). The molecule has 0 aliphatic heterocycles. The molecule has 1 N–H and O–H groups in total. The van der Waals surface area contributed by atoms with Crippen LogP contribution in [0.1, 0.15) is 56.8 Å². The number of anilines is 1. The summed E-state index contributed by atoms with van der Waals surface area (Å²) in [6, 6.07) is 3.35. The fourth-order valence-corrected chi connectivity index (χ4v) is 2.95. The Hall–Kier alpha value is -1.16. The first-order valence-corrected chi connectivity index (χ1v) is 7.77. The van der Waals surface area contributed by atoms with Gasteiger partial charge in [0, 0.05) is 30.5 Å². The van der Waals surface area contributed by atoms with E-state index in [1.807, 2.05) is 0 Å². The first-order chi connectivity index (χ1) is 9.51. The topological polar surface area (TPSA) is 41.0 Å². The van der Waals surface area contributed by atoms with Gasteiger partial charge in [0.25, 0.3) is 0 Å². The van der Waals surface area contributed by atoms with E-state index in [0.29, 0.717) is 18.0 Å². The molecule has 0 bridgehead atoms. The molecule has 1 aromatic heterocycles. The number of rotatable bonds is 4. The van der Waals surface area contributed by atoms with E-state index in [9.17, 15) is 0 Å². The van der Waals surface area contributed by atoms with Gasteiger partial charge in [0.1, 0.15) is 0 Å². The van der Waals surface area contributed by atoms with Crippen molar-refractivity contribution in [2.45, 2.75) is 64.5 Å².